The highest BCUT2D eigenvalue weighted by molar-refractivity contribution is 9.10. The van der Waals surface area contributed by atoms with Crippen molar-refractivity contribution in [2.24, 2.45) is 5.73 Å². The highest BCUT2D eigenvalue weighted by Crippen LogP contribution is 2.27. The Morgan fingerprint density at radius 2 is 2.05 bits per heavy atom. The maximum absolute atomic E-state index is 13.3. The second kappa shape index (κ2) is 6.04. The third-order valence-corrected chi connectivity index (χ3v) is 4.34. The van der Waals surface area contributed by atoms with Crippen LogP contribution in [0.25, 0.3) is 0 Å². The third kappa shape index (κ3) is 3.35. The largest absolute Gasteiger partial charge is 0.324 e. The quantitative estimate of drug-likeness (QED) is 0.852. The molecule has 19 heavy (non-hydrogen) atoms. The highest BCUT2D eigenvalue weighted by atomic mass is 79.9. The van der Waals surface area contributed by atoms with E-state index in [4.69, 9.17) is 17.3 Å². The van der Waals surface area contributed by atoms with Crippen LogP contribution in [0.1, 0.15) is 22.7 Å². The molecule has 1 nitrogen and oxygen atoms in total. The number of rotatable bonds is 3. The van der Waals surface area contributed by atoms with Crippen molar-refractivity contribution in [1.82, 2.24) is 0 Å². The lowest BCUT2D eigenvalue weighted by atomic mass is 9.96. The fraction of sp³-hybridized carbons (Fsp3) is 0.200. The molecule has 100 valence electrons. The Morgan fingerprint density at radius 3 is 2.79 bits per heavy atom. The average molecular weight is 343 g/mol. The van der Waals surface area contributed by atoms with E-state index in [1.54, 1.807) is 6.07 Å². The topological polar surface area (TPSA) is 26.0 Å². The monoisotopic (exact) mass is 341 g/mol. The Kier molecular flexibility index (Phi) is 4.61. The number of hydrogen-bond acceptors (Lipinski definition) is 1. The SMILES string of the molecule is Cc1c(Cl)cccc1C(N)Cc1cc(F)ccc1Br. The van der Waals surface area contributed by atoms with E-state index < -0.39 is 0 Å². The summed E-state index contributed by atoms with van der Waals surface area (Å²) in [4.78, 5) is 0. The summed E-state index contributed by atoms with van der Waals surface area (Å²) in [5.41, 5.74) is 9.03. The predicted octanol–water partition coefficient (Wildman–Crippen LogP) is 4.79. The lowest BCUT2D eigenvalue weighted by Crippen LogP contribution is -2.15. The van der Waals surface area contributed by atoms with E-state index in [-0.39, 0.29) is 11.9 Å². The Hall–Kier alpha value is -0.900. The second-order valence-electron chi connectivity index (χ2n) is 4.50. The molecule has 0 saturated carbocycles. The first-order valence-electron chi connectivity index (χ1n) is 5.93. The Bertz CT molecular complexity index is 601. The van der Waals surface area contributed by atoms with Crippen LogP contribution in [-0.2, 0) is 6.42 Å². The first-order valence-corrected chi connectivity index (χ1v) is 7.10. The Labute approximate surface area is 125 Å². The zero-order chi connectivity index (χ0) is 14.0. The van der Waals surface area contributed by atoms with Gasteiger partial charge in [-0.3, -0.25) is 0 Å². The normalized spacial score (nSPS) is 12.5. The van der Waals surface area contributed by atoms with Crippen molar-refractivity contribution in [3.05, 3.63) is 68.4 Å². The highest BCUT2D eigenvalue weighted by Gasteiger charge is 2.13. The van der Waals surface area contributed by atoms with Crippen LogP contribution in [0.4, 0.5) is 4.39 Å². The molecular formula is C15H14BrClFN. The minimum Gasteiger partial charge on any atom is -0.324 e. The summed E-state index contributed by atoms with van der Waals surface area (Å²) in [6.07, 6.45) is 0.555. The minimum absolute atomic E-state index is 0.211. The van der Waals surface area contributed by atoms with Crippen molar-refractivity contribution in [1.29, 1.82) is 0 Å². The Morgan fingerprint density at radius 1 is 1.32 bits per heavy atom. The summed E-state index contributed by atoms with van der Waals surface area (Å²) < 4.78 is 14.1. The van der Waals surface area contributed by atoms with Crippen LogP contribution in [0.2, 0.25) is 5.02 Å². The molecule has 2 aromatic rings. The van der Waals surface area contributed by atoms with Crippen molar-refractivity contribution in [3.63, 3.8) is 0 Å². The van der Waals surface area contributed by atoms with Gasteiger partial charge < -0.3 is 5.73 Å². The van der Waals surface area contributed by atoms with Gasteiger partial charge in [0.2, 0.25) is 0 Å². The average Bonchev–Trinajstić information content (AvgIpc) is 2.37. The van der Waals surface area contributed by atoms with E-state index in [0.717, 1.165) is 21.2 Å². The second-order valence-corrected chi connectivity index (χ2v) is 5.76. The maximum atomic E-state index is 13.3. The summed E-state index contributed by atoms with van der Waals surface area (Å²) in [6.45, 7) is 1.94. The van der Waals surface area contributed by atoms with Gasteiger partial charge in [0.25, 0.3) is 0 Å². The van der Waals surface area contributed by atoms with Gasteiger partial charge in [0.1, 0.15) is 5.82 Å². The molecule has 0 aliphatic rings. The summed E-state index contributed by atoms with van der Waals surface area (Å²) in [7, 11) is 0. The molecule has 0 spiro atoms. The zero-order valence-electron chi connectivity index (χ0n) is 10.5. The molecule has 2 rings (SSSR count). The van der Waals surface area contributed by atoms with Gasteiger partial charge in [0.15, 0.2) is 0 Å². The lowest BCUT2D eigenvalue weighted by molar-refractivity contribution is 0.621. The minimum atomic E-state index is -0.256. The molecule has 0 radical (unpaired) electrons. The Balaban J connectivity index is 2.28. The number of benzene rings is 2. The molecule has 2 N–H and O–H groups in total. The molecule has 2 aromatic carbocycles. The predicted molar refractivity (Wildman–Crippen MR) is 80.9 cm³/mol. The molecule has 0 aliphatic heterocycles. The van der Waals surface area contributed by atoms with Crippen LogP contribution < -0.4 is 5.73 Å². The van der Waals surface area contributed by atoms with Crippen molar-refractivity contribution < 1.29 is 4.39 Å². The van der Waals surface area contributed by atoms with E-state index in [0.29, 0.717) is 11.4 Å². The van der Waals surface area contributed by atoms with E-state index in [2.05, 4.69) is 15.9 Å². The number of halogens is 3. The van der Waals surface area contributed by atoms with Crippen LogP contribution in [-0.4, -0.2) is 0 Å². The number of hydrogen-bond donors (Lipinski definition) is 1. The van der Waals surface area contributed by atoms with E-state index in [1.165, 1.54) is 12.1 Å². The summed E-state index contributed by atoms with van der Waals surface area (Å²) in [5.74, 6) is -0.256. The number of nitrogens with two attached hydrogens (primary N) is 1. The van der Waals surface area contributed by atoms with Crippen molar-refractivity contribution in [2.45, 2.75) is 19.4 Å². The lowest BCUT2D eigenvalue weighted by Gasteiger charge is -2.16. The standard InChI is InChI=1S/C15H14BrClFN/c1-9-12(3-2-4-14(9)17)15(19)8-10-7-11(18)5-6-13(10)16/h2-7,15H,8,19H2,1H3. The van der Waals surface area contributed by atoms with Gasteiger partial charge in [-0.1, -0.05) is 39.7 Å². The molecule has 1 atom stereocenters. The molecule has 0 aromatic heterocycles. The van der Waals surface area contributed by atoms with E-state index in [9.17, 15) is 4.39 Å². The van der Waals surface area contributed by atoms with Gasteiger partial charge >= 0.3 is 0 Å². The third-order valence-electron chi connectivity index (χ3n) is 3.16. The molecule has 0 heterocycles. The van der Waals surface area contributed by atoms with Gasteiger partial charge in [-0.15, -0.1) is 0 Å². The van der Waals surface area contributed by atoms with Crippen molar-refractivity contribution in [3.8, 4) is 0 Å². The van der Waals surface area contributed by atoms with Crippen molar-refractivity contribution >= 4 is 27.5 Å². The molecule has 0 aliphatic carbocycles. The summed E-state index contributed by atoms with van der Waals surface area (Å²) in [5, 5.41) is 0.700. The van der Waals surface area contributed by atoms with Gasteiger partial charge in [0.05, 0.1) is 0 Å². The van der Waals surface area contributed by atoms with Crippen molar-refractivity contribution in [2.75, 3.05) is 0 Å². The smallest absolute Gasteiger partial charge is 0.123 e. The first kappa shape index (κ1) is 14.5. The van der Waals surface area contributed by atoms with Crippen LogP contribution in [0.3, 0.4) is 0 Å². The van der Waals surface area contributed by atoms with Crippen LogP contribution in [0, 0.1) is 12.7 Å². The molecule has 0 bridgehead atoms. The molecule has 0 fully saturated rings. The molecule has 0 saturated heterocycles. The van der Waals surface area contributed by atoms with Gasteiger partial charge in [-0.25, -0.2) is 4.39 Å². The summed E-state index contributed by atoms with van der Waals surface area (Å²) in [6, 6.07) is 10.1. The fourth-order valence-corrected chi connectivity index (χ4v) is 2.66. The van der Waals surface area contributed by atoms with Crippen LogP contribution in [0.5, 0.6) is 0 Å². The van der Waals surface area contributed by atoms with Gasteiger partial charge in [-0.2, -0.15) is 0 Å². The first-order chi connectivity index (χ1) is 8.99. The van der Waals surface area contributed by atoms with Gasteiger partial charge in [0, 0.05) is 15.5 Å². The maximum Gasteiger partial charge on any atom is 0.123 e. The zero-order valence-corrected chi connectivity index (χ0v) is 12.8. The molecule has 1 unspecified atom stereocenters. The van der Waals surface area contributed by atoms with E-state index >= 15 is 0 Å². The van der Waals surface area contributed by atoms with Crippen LogP contribution >= 0.6 is 27.5 Å². The van der Waals surface area contributed by atoms with E-state index in [1.807, 2.05) is 25.1 Å². The fourth-order valence-electron chi connectivity index (χ4n) is 2.07. The molecular weight excluding hydrogens is 329 g/mol. The van der Waals surface area contributed by atoms with Gasteiger partial charge in [-0.05, 0) is 54.3 Å². The summed E-state index contributed by atoms with van der Waals surface area (Å²) >= 11 is 9.51. The molecule has 0 amide bonds. The van der Waals surface area contributed by atoms with Crippen LogP contribution in [0.15, 0.2) is 40.9 Å². The molecule has 4 heteroatoms.